The maximum Gasteiger partial charge on any atom is 0.272 e. The number of nitrogens with zero attached hydrogens (tertiary/aromatic N) is 3. The number of carbonyl (C=O) groups excluding carboxylic acids is 1. The Hall–Kier alpha value is -1.95. The van der Waals surface area contributed by atoms with Gasteiger partial charge in [0.05, 0.1) is 5.69 Å². The lowest BCUT2D eigenvalue weighted by Gasteiger charge is -2.30. The molecule has 0 radical (unpaired) electrons. The summed E-state index contributed by atoms with van der Waals surface area (Å²) in [6.45, 7) is 5.87. The molecule has 1 N–H and O–H groups in total. The lowest BCUT2D eigenvalue weighted by Crippen LogP contribution is -2.38. The summed E-state index contributed by atoms with van der Waals surface area (Å²) in [7, 11) is 0. The average Bonchev–Trinajstić information content (AvgIpc) is 2.58. The summed E-state index contributed by atoms with van der Waals surface area (Å²) in [6.07, 6.45) is 3.54. The predicted molar refractivity (Wildman–Crippen MR) is 98.5 cm³/mol. The molecule has 1 aliphatic rings. The fourth-order valence-electron chi connectivity index (χ4n) is 2.78. The molecule has 2 aromatic rings. The van der Waals surface area contributed by atoms with Gasteiger partial charge in [-0.15, -0.1) is 0 Å². The van der Waals surface area contributed by atoms with Crippen LogP contribution in [0.3, 0.4) is 0 Å². The van der Waals surface area contributed by atoms with Gasteiger partial charge in [-0.05, 0) is 59.3 Å². The van der Waals surface area contributed by atoms with Crippen molar-refractivity contribution in [3.63, 3.8) is 0 Å². The van der Waals surface area contributed by atoms with E-state index in [0.29, 0.717) is 17.4 Å². The van der Waals surface area contributed by atoms with E-state index in [1.807, 2.05) is 30.0 Å². The lowest BCUT2D eigenvalue weighted by atomic mass is 9.99. The zero-order valence-corrected chi connectivity index (χ0v) is 15.5. The van der Waals surface area contributed by atoms with Crippen LogP contribution < -0.4 is 5.32 Å². The van der Waals surface area contributed by atoms with Gasteiger partial charge in [-0.2, -0.15) is 0 Å². The molecule has 0 atom stereocenters. The van der Waals surface area contributed by atoms with Crippen LogP contribution in [0.1, 0.15) is 35.8 Å². The second-order valence-electron chi connectivity index (χ2n) is 6.37. The SMILES string of the molecule is Cc1ccc(Nc2cc(C(=O)N3CCC(C)CC3)ncn2)c(Br)c1. The van der Waals surface area contributed by atoms with E-state index < -0.39 is 0 Å². The van der Waals surface area contributed by atoms with Crippen LogP contribution in [0.5, 0.6) is 0 Å². The molecule has 0 saturated carbocycles. The second-order valence-corrected chi connectivity index (χ2v) is 7.23. The van der Waals surface area contributed by atoms with Crippen LogP contribution in [-0.4, -0.2) is 33.9 Å². The largest absolute Gasteiger partial charge is 0.339 e. The highest BCUT2D eigenvalue weighted by molar-refractivity contribution is 9.10. The van der Waals surface area contributed by atoms with Gasteiger partial charge in [0.1, 0.15) is 17.8 Å². The fraction of sp³-hybridized carbons (Fsp3) is 0.389. The maximum atomic E-state index is 12.6. The molecule has 1 aromatic heterocycles. The number of hydrogen-bond donors (Lipinski definition) is 1. The van der Waals surface area contributed by atoms with Crippen molar-refractivity contribution < 1.29 is 4.79 Å². The van der Waals surface area contributed by atoms with Gasteiger partial charge in [0.15, 0.2) is 0 Å². The van der Waals surface area contributed by atoms with Crippen molar-refractivity contribution in [1.82, 2.24) is 14.9 Å². The number of aromatic nitrogens is 2. The Bertz CT molecular complexity index is 742. The zero-order chi connectivity index (χ0) is 17.1. The molecular formula is C18H21BrN4O. The molecule has 24 heavy (non-hydrogen) atoms. The summed E-state index contributed by atoms with van der Waals surface area (Å²) in [6, 6.07) is 7.75. The molecule has 1 amide bonds. The highest BCUT2D eigenvalue weighted by Gasteiger charge is 2.22. The van der Waals surface area contributed by atoms with E-state index in [1.165, 1.54) is 11.9 Å². The Balaban J connectivity index is 1.75. The van der Waals surface area contributed by atoms with Crippen molar-refractivity contribution in [3.05, 3.63) is 46.3 Å². The Kier molecular flexibility index (Phi) is 5.14. The number of amides is 1. The third kappa shape index (κ3) is 3.93. The van der Waals surface area contributed by atoms with Crippen LogP contribution >= 0.6 is 15.9 Å². The van der Waals surface area contributed by atoms with E-state index in [2.05, 4.69) is 38.1 Å². The maximum absolute atomic E-state index is 12.6. The first kappa shape index (κ1) is 16.9. The minimum absolute atomic E-state index is 0.0182. The number of carbonyl (C=O) groups is 1. The first-order valence-electron chi connectivity index (χ1n) is 8.17. The number of aryl methyl sites for hydroxylation is 1. The van der Waals surface area contributed by atoms with Gasteiger partial charge in [0.25, 0.3) is 5.91 Å². The van der Waals surface area contributed by atoms with Crippen molar-refractivity contribution in [2.24, 2.45) is 5.92 Å². The van der Waals surface area contributed by atoms with Gasteiger partial charge in [-0.25, -0.2) is 9.97 Å². The first-order chi connectivity index (χ1) is 11.5. The van der Waals surface area contributed by atoms with Crippen LogP contribution in [0.2, 0.25) is 0 Å². The van der Waals surface area contributed by atoms with Gasteiger partial charge >= 0.3 is 0 Å². The van der Waals surface area contributed by atoms with E-state index in [0.717, 1.165) is 36.1 Å². The number of hydrogen-bond acceptors (Lipinski definition) is 4. The third-order valence-corrected chi connectivity index (χ3v) is 5.00. The molecule has 126 valence electrons. The highest BCUT2D eigenvalue weighted by Crippen LogP contribution is 2.26. The molecule has 2 heterocycles. The van der Waals surface area contributed by atoms with Crippen molar-refractivity contribution in [2.45, 2.75) is 26.7 Å². The second kappa shape index (κ2) is 7.30. The summed E-state index contributed by atoms with van der Waals surface area (Å²) in [4.78, 5) is 22.9. The summed E-state index contributed by atoms with van der Waals surface area (Å²) in [5.74, 6) is 1.29. The number of anilines is 2. The molecule has 5 nitrogen and oxygen atoms in total. The number of piperidine rings is 1. The van der Waals surface area contributed by atoms with Crippen LogP contribution in [-0.2, 0) is 0 Å². The molecule has 0 spiro atoms. The van der Waals surface area contributed by atoms with Gasteiger partial charge in [0.2, 0.25) is 0 Å². The minimum atomic E-state index is -0.0182. The molecule has 1 aliphatic heterocycles. The number of rotatable bonds is 3. The van der Waals surface area contributed by atoms with E-state index in [4.69, 9.17) is 0 Å². The smallest absolute Gasteiger partial charge is 0.272 e. The molecule has 0 unspecified atom stereocenters. The minimum Gasteiger partial charge on any atom is -0.339 e. The Labute approximate surface area is 150 Å². The Morgan fingerprint density at radius 2 is 2.00 bits per heavy atom. The molecule has 1 saturated heterocycles. The fourth-order valence-corrected chi connectivity index (χ4v) is 3.37. The highest BCUT2D eigenvalue weighted by atomic mass is 79.9. The molecule has 1 fully saturated rings. The average molecular weight is 389 g/mol. The third-order valence-electron chi connectivity index (χ3n) is 4.34. The Morgan fingerprint density at radius 3 is 2.71 bits per heavy atom. The predicted octanol–water partition coefficient (Wildman–Crippen LogP) is 4.16. The summed E-state index contributed by atoms with van der Waals surface area (Å²) in [5, 5.41) is 3.24. The van der Waals surface area contributed by atoms with Crippen molar-refractivity contribution >= 4 is 33.3 Å². The van der Waals surface area contributed by atoms with Crippen LogP contribution in [0.15, 0.2) is 35.1 Å². The topological polar surface area (TPSA) is 58.1 Å². The molecule has 0 aliphatic carbocycles. The Morgan fingerprint density at radius 1 is 1.25 bits per heavy atom. The molecule has 1 aromatic carbocycles. The van der Waals surface area contributed by atoms with Crippen molar-refractivity contribution in [1.29, 1.82) is 0 Å². The quantitative estimate of drug-likeness (QED) is 0.857. The lowest BCUT2D eigenvalue weighted by molar-refractivity contribution is 0.0691. The van der Waals surface area contributed by atoms with Crippen LogP contribution in [0, 0.1) is 12.8 Å². The normalized spacial score (nSPS) is 15.4. The monoisotopic (exact) mass is 388 g/mol. The van der Waals surface area contributed by atoms with Gasteiger partial charge in [0, 0.05) is 23.6 Å². The van der Waals surface area contributed by atoms with Gasteiger partial charge in [-0.1, -0.05) is 13.0 Å². The van der Waals surface area contributed by atoms with Crippen molar-refractivity contribution in [3.8, 4) is 0 Å². The summed E-state index contributed by atoms with van der Waals surface area (Å²) in [5.41, 5.74) is 2.51. The molecular weight excluding hydrogens is 368 g/mol. The summed E-state index contributed by atoms with van der Waals surface area (Å²) >= 11 is 3.54. The first-order valence-corrected chi connectivity index (χ1v) is 8.97. The number of halogens is 1. The van der Waals surface area contributed by atoms with Gasteiger partial charge < -0.3 is 10.2 Å². The molecule has 6 heteroatoms. The zero-order valence-electron chi connectivity index (χ0n) is 13.9. The van der Waals surface area contributed by atoms with E-state index in [1.54, 1.807) is 6.07 Å². The summed E-state index contributed by atoms with van der Waals surface area (Å²) < 4.78 is 0.957. The van der Waals surface area contributed by atoms with Crippen LogP contribution in [0.25, 0.3) is 0 Å². The van der Waals surface area contributed by atoms with E-state index >= 15 is 0 Å². The van der Waals surface area contributed by atoms with Crippen LogP contribution in [0.4, 0.5) is 11.5 Å². The van der Waals surface area contributed by atoms with E-state index in [9.17, 15) is 4.79 Å². The van der Waals surface area contributed by atoms with Gasteiger partial charge in [-0.3, -0.25) is 4.79 Å². The number of benzene rings is 1. The van der Waals surface area contributed by atoms with E-state index in [-0.39, 0.29) is 5.91 Å². The molecule has 0 bridgehead atoms. The number of nitrogens with one attached hydrogen (secondary N) is 1. The molecule has 3 rings (SSSR count). The standard InChI is InChI=1S/C18H21BrN4O/c1-12-5-7-23(8-6-12)18(24)16-10-17(21-11-20-16)22-15-4-3-13(2)9-14(15)19/h3-4,9-12H,5-8H2,1-2H3,(H,20,21,22). The van der Waals surface area contributed by atoms with Crippen molar-refractivity contribution in [2.75, 3.05) is 18.4 Å². The number of likely N-dealkylation sites (tertiary alicyclic amines) is 1.